The lowest BCUT2D eigenvalue weighted by molar-refractivity contribution is 0.0526. The van der Waals surface area contributed by atoms with Crippen molar-refractivity contribution in [3.05, 3.63) is 87.7 Å². The number of rotatable bonds is 5. The molecular weight excluding hydrogens is 406 g/mol. The SMILES string of the molecule is CCOC(=O)c1ccc(-c2ccc(/C=C(/C#N)c3nc4ccc(C)cc4c(=O)[nH]3)o2)cc1. The molecule has 7 nitrogen and oxygen atoms in total. The van der Waals surface area contributed by atoms with Crippen molar-refractivity contribution in [2.75, 3.05) is 6.61 Å². The molecule has 0 aliphatic carbocycles. The van der Waals surface area contributed by atoms with Crippen LogP contribution in [0.4, 0.5) is 0 Å². The second kappa shape index (κ2) is 8.74. The first-order chi connectivity index (χ1) is 15.5. The lowest BCUT2D eigenvalue weighted by atomic mass is 10.1. The number of nitriles is 1. The maximum Gasteiger partial charge on any atom is 0.338 e. The number of aryl methyl sites for hydroxylation is 1. The first-order valence-corrected chi connectivity index (χ1v) is 9.98. The summed E-state index contributed by atoms with van der Waals surface area (Å²) in [4.78, 5) is 31.3. The zero-order valence-corrected chi connectivity index (χ0v) is 17.5. The minimum absolute atomic E-state index is 0.170. The number of nitrogens with zero attached hydrogens (tertiary/aromatic N) is 2. The van der Waals surface area contributed by atoms with E-state index in [1.807, 2.05) is 13.0 Å². The fraction of sp³-hybridized carbons (Fsp3) is 0.120. The van der Waals surface area contributed by atoms with E-state index in [1.165, 1.54) is 6.08 Å². The number of nitrogens with one attached hydrogen (secondary N) is 1. The van der Waals surface area contributed by atoms with Gasteiger partial charge in [-0.2, -0.15) is 5.26 Å². The number of carbonyl (C=O) groups excluding carboxylic acids is 1. The Bertz CT molecular complexity index is 1440. The number of ether oxygens (including phenoxy) is 1. The number of hydrogen-bond donors (Lipinski definition) is 1. The Morgan fingerprint density at radius 2 is 1.97 bits per heavy atom. The zero-order valence-electron chi connectivity index (χ0n) is 17.5. The van der Waals surface area contributed by atoms with Gasteiger partial charge in [-0.25, -0.2) is 9.78 Å². The molecule has 32 heavy (non-hydrogen) atoms. The first kappa shape index (κ1) is 20.8. The van der Waals surface area contributed by atoms with Gasteiger partial charge in [-0.05, 0) is 50.2 Å². The lowest BCUT2D eigenvalue weighted by Crippen LogP contribution is -2.11. The van der Waals surface area contributed by atoms with Gasteiger partial charge in [0.05, 0.1) is 28.6 Å². The number of aromatic amines is 1. The van der Waals surface area contributed by atoms with Crippen molar-refractivity contribution in [1.82, 2.24) is 9.97 Å². The number of H-pyrrole nitrogens is 1. The molecule has 158 valence electrons. The monoisotopic (exact) mass is 425 g/mol. The molecule has 2 heterocycles. The Balaban J connectivity index is 1.64. The van der Waals surface area contributed by atoms with Gasteiger partial charge in [0.2, 0.25) is 0 Å². The van der Waals surface area contributed by atoms with E-state index in [0.29, 0.717) is 34.6 Å². The van der Waals surface area contributed by atoms with Crippen LogP contribution in [0.15, 0.2) is 63.8 Å². The lowest BCUT2D eigenvalue weighted by Gasteiger charge is -2.03. The highest BCUT2D eigenvalue weighted by molar-refractivity contribution is 5.90. The molecule has 0 amide bonds. The molecule has 4 aromatic rings. The highest BCUT2D eigenvalue weighted by atomic mass is 16.5. The summed E-state index contributed by atoms with van der Waals surface area (Å²) in [7, 11) is 0. The zero-order chi connectivity index (χ0) is 22.7. The summed E-state index contributed by atoms with van der Waals surface area (Å²) < 4.78 is 10.8. The van der Waals surface area contributed by atoms with Gasteiger partial charge in [0.15, 0.2) is 5.82 Å². The molecule has 4 rings (SSSR count). The summed E-state index contributed by atoms with van der Waals surface area (Å²) in [6.07, 6.45) is 1.52. The van der Waals surface area contributed by atoms with Gasteiger partial charge in [0.1, 0.15) is 17.6 Å². The molecule has 0 bridgehead atoms. The van der Waals surface area contributed by atoms with E-state index in [9.17, 15) is 14.9 Å². The Kier molecular flexibility index (Phi) is 5.69. The molecular formula is C25H19N3O4. The third-order valence-corrected chi connectivity index (χ3v) is 4.83. The number of benzene rings is 2. The van der Waals surface area contributed by atoms with Crippen LogP contribution in [0, 0.1) is 18.3 Å². The van der Waals surface area contributed by atoms with Crippen LogP contribution in [-0.4, -0.2) is 22.5 Å². The highest BCUT2D eigenvalue weighted by Gasteiger charge is 2.12. The van der Waals surface area contributed by atoms with Gasteiger partial charge in [0.25, 0.3) is 5.56 Å². The van der Waals surface area contributed by atoms with Gasteiger partial charge in [-0.3, -0.25) is 4.79 Å². The Morgan fingerprint density at radius 3 is 2.69 bits per heavy atom. The quantitative estimate of drug-likeness (QED) is 0.366. The third kappa shape index (κ3) is 4.20. The maximum absolute atomic E-state index is 12.4. The Hall–Kier alpha value is -4.44. The number of allylic oxidation sites excluding steroid dienone is 1. The third-order valence-electron chi connectivity index (χ3n) is 4.83. The van der Waals surface area contributed by atoms with Gasteiger partial charge >= 0.3 is 5.97 Å². The van der Waals surface area contributed by atoms with E-state index in [4.69, 9.17) is 9.15 Å². The van der Waals surface area contributed by atoms with Crippen LogP contribution in [-0.2, 0) is 4.74 Å². The molecule has 1 N–H and O–H groups in total. The summed E-state index contributed by atoms with van der Waals surface area (Å²) >= 11 is 0. The number of fused-ring (bicyclic) bond motifs is 1. The van der Waals surface area contributed by atoms with Crippen molar-refractivity contribution in [2.24, 2.45) is 0 Å². The molecule has 0 aliphatic heterocycles. The first-order valence-electron chi connectivity index (χ1n) is 9.98. The average molecular weight is 425 g/mol. The number of aromatic nitrogens is 2. The molecule has 0 atom stereocenters. The Labute approximate surface area is 183 Å². The van der Waals surface area contributed by atoms with E-state index in [0.717, 1.165) is 11.1 Å². The average Bonchev–Trinajstić information content (AvgIpc) is 3.27. The minimum atomic E-state index is -0.382. The highest BCUT2D eigenvalue weighted by Crippen LogP contribution is 2.25. The normalized spacial score (nSPS) is 11.3. The van der Waals surface area contributed by atoms with Gasteiger partial charge in [-0.1, -0.05) is 23.8 Å². The van der Waals surface area contributed by atoms with Crippen LogP contribution in [0.1, 0.15) is 34.4 Å². The van der Waals surface area contributed by atoms with Crippen molar-refractivity contribution in [1.29, 1.82) is 5.26 Å². The van der Waals surface area contributed by atoms with Crippen LogP contribution < -0.4 is 5.56 Å². The van der Waals surface area contributed by atoms with Crippen LogP contribution in [0.2, 0.25) is 0 Å². The number of esters is 1. The smallest absolute Gasteiger partial charge is 0.338 e. The molecule has 2 aromatic heterocycles. The predicted molar refractivity (Wildman–Crippen MR) is 121 cm³/mol. The van der Waals surface area contributed by atoms with E-state index in [2.05, 4.69) is 16.0 Å². The molecule has 0 unspecified atom stereocenters. The molecule has 0 spiro atoms. The second-order valence-corrected chi connectivity index (χ2v) is 7.10. The topological polar surface area (TPSA) is 109 Å². The summed E-state index contributed by atoms with van der Waals surface area (Å²) in [5.74, 6) is 0.787. The molecule has 0 saturated carbocycles. The summed E-state index contributed by atoms with van der Waals surface area (Å²) in [6, 6.07) is 17.8. The molecule has 0 aliphatic rings. The summed E-state index contributed by atoms with van der Waals surface area (Å²) in [5.41, 5.74) is 2.54. The number of furan rings is 1. The van der Waals surface area contributed by atoms with Crippen molar-refractivity contribution < 1.29 is 13.9 Å². The second-order valence-electron chi connectivity index (χ2n) is 7.10. The van der Waals surface area contributed by atoms with E-state index in [1.54, 1.807) is 55.5 Å². The molecule has 0 radical (unpaired) electrons. The van der Waals surface area contributed by atoms with Gasteiger partial charge in [0, 0.05) is 11.6 Å². The predicted octanol–water partition coefficient (Wildman–Crippen LogP) is 4.73. The summed E-state index contributed by atoms with van der Waals surface area (Å²) in [6.45, 7) is 3.96. The van der Waals surface area contributed by atoms with Crippen molar-refractivity contribution in [3.63, 3.8) is 0 Å². The molecule has 0 fully saturated rings. The van der Waals surface area contributed by atoms with E-state index >= 15 is 0 Å². The molecule has 2 aromatic carbocycles. The van der Waals surface area contributed by atoms with Crippen LogP contribution >= 0.6 is 0 Å². The molecule has 7 heteroatoms. The Morgan fingerprint density at radius 1 is 1.19 bits per heavy atom. The maximum atomic E-state index is 12.4. The molecule has 0 saturated heterocycles. The van der Waals surface area contributed by atoms with Gasteiger partial charge in [-0.15, -0.1) is 0 Å². The van der Waals surface area contributed by atoms with Crippen molar-refractivity contribution in [2.45, 2.75) is 13.8 Å². The van der Waals surface area contributed by atoms with Crippen molar-refractivity contribution >= 4 is 28.5 Å². The number of hydrogen-bond acceptors (Lipinski definition) is 6. The van der Waals surface area contributed by atoms with Crippen LogP contribution in [0.25, 0.3) is 33.9 Å². The summed E-state index contributed by atoms with van der Waals surface area (Å²) in [5, 5.41) is 10.1. The van der Waals surface area contributed by atoms with E-state index in [-0.39, 0.29) is 22.9 Å². The standard InChI is InChI=1S/C25H19N3O4/c1-3-31-25(30)17-7-5-16(6-8-17)22-11-9-19(32-22)13-18(14-26)23-27-21-10-4-15(2)12-20(21)24(29)28-23/h4-13H,3H2,1-2H3,(H,27,28,29)/b18-13-. The van der Waals surface area contributed by atoms with Crippen molar-refractivity contribution in [3.8, 4) is 17.4 Å². The number of carbonyl (C=O) groups is 1. The minimum Gasteiger partial charge on any atom is -0.462 e. The van der Waals surface area contributed by atoms with Crippen LogP contribution in [0.5, 0.6) is 0 Å². The van der Waals surface area contributed by atoms with E-state index < -0.39 is 0 Å². The fourth-order valence-electron chi connectivity index (χ4n) is 3.25. The van der Waals surface area contributed by atoms with Gasteiger partial charge < -0.3 is 14.1 Å². The largest absolute Gasteiger partial charge is 0.462 e. The fourth-order valence-corrected chi connectivity index (χ4v) is 3.25. The van der Waals surface area contributed by atoms with Crippen LogP contribution in [0.3, 0.4) is 0 Å².